The predicted octanol–water partition coefficient (Wildman–Crippen LogP) is 3.32. The molecule has 1 aliphatic rings. The minimum Gasteiger partial charge on any atom is -0.486 e. The molecule has 0 radical (unpaired) electrons. The molecule has 0 fully saturated rings. The fraction of sp³-hybridized carbons (Fsp3) is 0.333. The van der Waals surface area contributed by atoms with Crippen LogP contribution in [0.1, 0.15) is 28.3 Å². The van der Waals surface area contributed by atoms with Crippen molar-refractivity contribution in [3.63, 3.8) is 0 Å². The van der Waals surface area contributed by atoms with Crippen LogP contribution < -0.4 is 15.2 Å². The summed E-state index contributed by atoms with van der Waals surface area (Å²) in [4.78, 5) is 0. The van der Waals surface area contributed by atoms with Gasteiger partial charge >= 0.3 is 0 Å². The first-order valence-corrected chi connectivity index (χ1v) is 7.34. The maximum absolute atomic E-state index is 6.36. The summed E-state index contributed by atoms with van der Waals surface area (Å²) in [6, 6.07) is 12.5. The molecule has 110 valence electrons. The van der Waals surface area contributed by atoms with E-state index in [1.807, 2.05) is 18.2 Å². The van der Waals surface area contributed by atoms with Gasteiger partial charge in [-0.15, -0.1) is 0 Å². The Hall–Kier alpha value is -2.00. The normalized spacial score (nSPS) is 14.8. The molecular weight excluding hydrogens is 262 g/mol. The van der Waals surface area contributed by atoms with Crippen molar-refractivity contribution >= 4 is 0 Å². The van der Waals surface area contributed by atoms with Crippen molar-refractivity contribution in [1.82, 2.24) is 0 Å². The van der Waals surface area contributed by atoms with E-state index in [-0.39, 0.29) is 6.04 Å². The monoisotopic (exact) mass is 283 g/mol. The van der Waals surface area contributed by atoms with Gasteiger partial charge in [0.25, 0.3) is 0 Å². The molecule has 1 unspecified atom stereocenters. The van der Waals surface area contributed by atoms with Crippen molar-refractivity contribution in [3.05, 3.63) is 58.7 Å². The molecule has 0 amide bonds. The summed E-state index contributed by atoms with van der Waals surface area (Å²) < 4.78 is 11.2. The second kappa shape index (κ2) is 5.78. The minimum absolute atomic E-state index is 0.0398. The first kappa shape index (κ1) is 14.0. The molecule has 1 aliphatic heterocycles. The van der Waals surface area contributed by atoms with Gasteiger partial charge in [0.2, 0.25) is 0 Å². The number of hydrogen-bond donors (Lipinski definition) is 1. The highest BCUT2D eigenvalue weighted by Crippen LogP contribution is 2.32. The third-order valence-electron chi connectivity index (χ3n) is 3.73. The summed E-state index contributed by atoms with van der Waals surface area (Å²) >= 11 is 0. The van der Waals surface area contributed by atoms with Crippen LogP contribution in [-0.2, 0) is 6.42 Å². The summed E-state index contributed by atoms with van der Waals surface area (Å²) in [5.41, 5.74) is 11.3. The van der Waals surface area contributed by atoms with Gasteiger partial charge in [0.1, 0.15) is 13.2 Å². The fourth-order valence-corrected chi connectivity index (χ4v) is 2.85. The average Bonchev–Trinajstić information content (AvgIpc) is 2.45. The third-order valence-corrected chi connectivity index (χ3v) is 3.73. The highest BCUT2D eigenvalue weighted by atomic mass is 16.6. The fourth-order valence-electron chi connectivity index (χ4n) is 2.85. The van der Waals surface area contributed by atoms with Gasteiger partial charge in [0, 0.05) is 6.04 Å². The number of ether oxygens (including phenoxy) is 2. The zero-order chi connectivity index (χ0) is 14.8. The van der Waals surface area contributed by atoms with Crippen LogP contribution in [-0.4, -0.2) is 13.2 Å². The maximum Gasteiger partial charge on any atom is 0.161 e. The topological polar surface area (TPSA) is 44.5 Å². The molecule has 0 aliphatic carbocycles. The van der Waals surface area contributed by atoms with Crippen LogP contribution in [0, 0.1) is 13.8 Å². The molecule has 2 aromatic carbocycles. The SMILES string of the molecule is Cc1cc(C)cc(CC(N)c2ccc3c(c2)OCCO3)c1. The minimum atomic E-state index is -0.0398. The Kier molecular flexibility index (Phi) is 3.84. The average molecular weight is 283 g/mol. The molecule has 1 atom stereocenters. The Bertz CT molecular complexity index is 631. The van der Waals surface area contributed by atoms with E-state index in [0.29, 0.717) is 13.2 Å². The van der Waals surface area contributed by atoms with E-state index in [0.717, 1.165) is 23.5 Å². The Balaban J connectivity index is 1.80. The van der Waals surface area contributed by atoms with E-state index >= 15 is 0 Å². The number of benzene rings is 2. The lowest BCUT2D eigenvalue weighted by molar-refractivity contribution is 0.171. The first-order chi connectivity index (χ1) is 10.1. The van der Waals surface area contributed by atoms with Gasteiger partial charge in [-0.3, -0.25) is 0 Å². The number of nitrogens with two attached hydrogens (primary N) is 1. The van der Waals surface area contributed by atoms with E-state index in [2.05, 4.69) is 32.0 Å². The molecule has 3 heteroatoms. The molecule has 2 aromatic rings. The third kappa shape index (κ3) is 3.19. The first-order valence-electron chi connectivity index (χ1n) is 7.34. The summed E-state index contributed by atoms with van der Waals surface area (Å²) in [7, 11) is 0. The maximum atomic E-state index is 6.36. The summed E-state index contributed by atoms with van der Waals surface area (Å²) in [6.45, 7) is 5.45. The van der Waals surface area contributed by atoms with Gasteiger partial charge in [-0.2, -0.15) is 0 Å². The van der Waals surface area contributed by atoms with Crippen LogP contribution in [0.2, 0.25) is 0 Å². The zero-order valence-electron chi connectivity index (χ0n) is 12.6. The van der Waals surface area contributed by atoms with Gasteiger partial charge in [0.15, 0.2) is 11.5 Å². The summed E-state index contributed by atoms with van der Waals surface area (Å²) in [5.74, 6) is 1.61. The standard InChI is InChI=1S/C18H21NO2/c1-12-7-13(2)9-14(8-12)10-16(19)15-3-4-17-18(11-15)21-6-5-20-17/h3-4,7-9,11,16H,5-6,10,19H2,1-2H3. The van der Waals surface area contributed by atoms with E-state index in [9.17, 15) is 0 Å². The van der Waals surface area contributed by atoms with Crippen LogP contribution in [0.3, 0.4) is 0 Å². The van der Waals surface area contributed by atoms with Crippen molar-refractivity contribution in [3.8, 4) is 11.5 Å². The Morgan fingerprint density at radius 2 is 1.62 bits per heavy atom. The van der Waals surface area contributed by atoms with Crippen molar-refractivity contribution in [2.24, 2.45) is 5.73 Å². The second-order valence-corrected chi connectivity index (χ2v) is 5.71. The van der Waals surface area contributed by atoms with Gasteiger partial charge in [-0.25, -0.2) is 0 Å². The summed E-state index contributed by atoms with van der Waals surface area (Å²) in [5, 5.41) is 0. The number of rotatable bonds is 3. The molecular formula is C18H21NO2. The second-order valence-electron chi connectivity index (χ2n) is 5.71. The number of hydrogen-bond acceptors (Lipinski definition) is 3. The highest BCUT2D eigenvalue weighted by molar-refractivity contribution is 5.45. The molecule has 0 saturated heterocycles. The van der Waals surface area contributed by atoms with E-state index in [1.54, 1.807) is 0 Å². The van der Waals surface area contributed by atoms with E-state index in [1.165, 1.54) is 16.7 Å². The molecule has 0 saturated carbocycles. The molecule has 0 aromatic heterocycles. The van der Waals surface area contributed by atoms with E-state index < -0.39 is 0 Å². The molecule has 21 heavy (non-hydrogen) atoms. The highest BCUT2D eigenvalue weighted by Gasteiger charge is 2.15. The lowest BCUT2D eigenvalue weighted by atomic mass is 9.97. The quantitative estimate of drug-likeness (QED) is 0.940. The molecule has 2 N–H and O–H groups in total. The Morgan fingerprint density at radius 3 is 2.33 bits per heavy atom. The van der Waals surface area contributed by atoms with Gasteiger partial charge in [-0.05, 0) is 43.5 Å². The Labute approximate surface area is 125 Å². The molecule has 0 bridgehead atoms. The molecule has 0 spiro atoms. The smallest absolute Gasteiger partial charge is 0.161 e. The molecule has 3 rings (SSSR count). The summed E-state index contributed by atoms with van der Waals surface area (Å²) in [6.07, 6.45) is 0.822. The van der Waals surface area contributed by atoms with Crippen molar-refractivity contribution in [2.45, 2.75) is 26.3 Å². The van der Waals surface area contributed by atoms with Gasteiger partial charge < -0.3 is 15.2 Å². The van der Waals surface area contributed by atoms with Crippen molar-refractivity contribution < 1.29 is 9.47 Å². The van der Waals surface area contributed by atoms with Crippen LogP contribution in [0.25, 0.3) is 0 Å². The lowest BCUT2D eigenvalue weighted by Crippen LogP contribution is -2.17. The van der Waals surface area contributed by atoms with Crippen molar-refractivity contribution in [1.29, 1.82) is 0 Å². The van der Waals surface area contributed by atoms with Crippen LogP contribution in [0.4, 0.5) is 0 Å². The zero-order valence-corrected chi connectivity index (χ0v) is 12.6. The van der Waals surface area contributed by atoms with Crippen molar-refractivity contribution in [2.75, 3.05) is 13.2 Å². The largest absolute Gasteiger partial charge is 0.486 e. The number of fused-ring (bicyclic) bond motifs is 1. The van der Waals surface area contributed by atoms with Gasteiger partial charge in [-0.1, -0.05) is 35.4 Å². The van der Waals surface area contributed by atoms with Gasteiger partial charge in [0.05, 0.1) is 0 Å². The lowest BCUT2D eigenvalue weighted by Gasteiger charge is -2.20. The number of aryl methyl sites for hydroxylation is 2. The molecule has 1 heterocycles. The predicted molar refractivity (Wildman–Crippen MR) is 84.0 cm³/mol. The van der Waals surface area contributed by atoms with Crippen LogP contribution >= 0.6 is 0 Å². The molecule has 3 nitrogen and oxygen atoms in total. The van der Waals surface area contributed by atoms with Crippen LogP contribution in [0.15, 0.2) is 36.4 Å². The van der Waals surface area contributed by atoms with E-state index in [4.69, 9.17) is 15.2 Å². The van der Waals surface area contributed by atoms with Crippen LogP contribution in [0.5, 0.6) is 11.5 Å². The Morgan fingerprint density at radius 1 is 0.952 bits per heavy atom.